The Morgan fingerprint density at radius 1 is 1.35 bits per heavy atom. The van der Waals surface area contributed by atoms with Gasteiger partial charge in [-0.3, -0.25) is 9.59 Å². The van der Waals surface area contributed by atoms with Crippen molar-refractivity contribution < 1.29 is 14.3 Å². The number of aryl methyl sites for hydroxylation is 1. The second-order valence-electron chi connectivity index (χ2n) is 4.45. The van der Waals surface area contributed by atoms with E-state index < -0.39 is 6.04 Å². The Bertz CT molecular complexity index is 488. The van der Waals surface area contributed by atoms with E-state index in [0.29, 0.717) is 23.7 Å². The molecule has 0 aliphatic rings. The van der Waals surface area contributed by atoms with E-state index in [1.165, 1.54) is 0 Å². The number of hydrogen-bond donors (Lipinski definition) is 1. The molecule has 0 heterocycles. The van der Waals surface area contributed by atoms with Crippen molar-refractivity contribution in [3.63, 3.8) is 0 Å². The number of esters is 1. The molecule has 0 aliphatic carbocycles. The van der Waals surface area contributed by atoms with Crippen molar-refractivity contribution in [2.24, 2.45) is 0 Å². The maximum atomic E-state index is 12.4. The fraction of sp³-hybridized carbons (Fsp3) is 0.467. The predicted molar refractivity (Wildman–Crippen MR) is 79.2 cm³/mol. The topological polar surface area (TPSA) is 55.4 Å². The standard InChI is InChI=1S/C15H20ClNO3/c1-4-17-13(9-14(18)20-5-2)15(19)11-6-7-12(16)10(3)8-11/h6-8,13,17H,4-5,9H2,1-3H3. The molecule has 4 nitrogen and oxygen atoms in total. The monoisotopic (exact) mass is 297 g/mol. The number of carbonyl (C=O) groups is 2. The van der Waals surface area contributed by atoms with E-state index in [1.54, 1.807) is 25.1 Å². The Balaban J connectivity index is 2.87. The third kappa shape index (κ3) is 4.62. The Labute approximate surface area is 124 Å². The van der Waals surface area contributed by atoms with Crippen LogP contribution in [0.15, 0.2) is 18.2 Å². The molecule has 5 heteroatoms. The number of Topliss-reactive ketones (excluding diaryl/α,β-unsaturated/α-hetero) is 1. The highest BCUT2D eigenvalue weighted by molar-refractivity contribution is 6.31. The lowest BCUT2D eigenvalue weighted by molar-refractivity contribution is -0.143. The second kappa shape index (κ2) is 8.02. The summed E-state index contributed by atoms with van der Waals surface area (Å²) in [5.74, 6) is -0.503. The Morgan fingerprint density at radius 2 is 2.05 bits per heavy atom. The normalized spacial score (nSPS) is 12.0. The van der Waals surface area contributed by atoms with E-state index in [0.717, 1.165) is 5.56 Å². The molecule has 0 fully saturated rings. The van der Waals surface area contributed by atoms with Crippen molar-refractivity contribution in [3.05, 3.63) is 34.3 Å². The highest BCUT2D eigenvalue weighted by atomic mass is 35.5. The van der Waals surface area contributed by atoms with Crippen molar-refractivity contribution in [1.82, 2.24) is 5.32 Å². The van der Waals surface area contributed by atoms with Gasteiger partial charge in [-0.15, -0.1) is 0 Å². The van der Waals surface area contributed by atoms with Gasteiger partial charge in [0, 0.05) is 10.6 Å². The first-order valence-corrected chi connectivity index (χ1v) is 7.06. The third-order valence-electron chi connectivity index (χ3n) is 2.89. The van der Waals surface area contributed by atoms with E-state index in [2.05, 4.69) is 5.32 Å². The number of hydrogen-bond acceptors (Lipinski definition) is 4. The third-order valence-corrected chi connectivity index (χ3v) is 3.31. The molecule has 0 bridgehead atoms. The summed E-state index contributed by atoms with van der Waals surface area (Å²) in [6, 6.07) is 4.53. The molecule has 110 valence electrons. The molecule has 1 unspecified atom stereocenters. The van der Waals surface area contributed by atoms with Gasteiger partial charge in [0.15, 0.2) is 5.78 Å². The van der Waals surface area contributed by atoms with Gasteiger partial charge in [-0.2, -0.15) is 0 Å². The van der Waals surface area contributed by atoms with Crippen LogP contribution in [-0.4, -0.2) is 30.9 Å². The molecule has 1 N–H and O–H groups in total. The minimum atomic E-state index is -0.570. The molecule has 0 saturated carbocycles. The number of halogens is 1. The Hall–Kier alpha value is -1.39. The Morgan fingerprint density at radius 3 is 2.60 bits per heavy atom. The summed E-state index contributed by atoms with van der Waals surface area (Å²) >= 11 is 5.95. The quantitative estimate of drug-likeness (QED) is 0.621. The molecular formula is C15H20ClNO3. The second-order valence-corrected chi connectivity index (χ2v) is 4.85. The zero-order valence-corrected chi connectivity index (χ0v) is 12.8. The number of rotatable bonds is 7. The van der Waals surface area contributed by atoms with Crippen LogP contribution in [0.1, 0.15) is 36.2 Å². The lowest BCUT2D eigenvalue weighted by atomic mass is 10.00. The summed E-state index contributed by atoms with van der Waals surface area (Å²) in [4.78, 5) is 24.0. The van der Waals surface area contributed by atoms with Crippen LogP contribution in [0.2, 0.25) is 5.02 Å². The zero-order valence-electron chi connectivity index (χ0n) is 12.0. The fourth-order valence-electron chi connectivity index (χ4n) is 1.89. The van der Waals surface area contributed by atoms with Gasteiger partial charge in [-0.25, -0.2) is 0 Å². The molecule has 1 atom stereocenters. The van der Waals surface area contributed by atoms with E-state index in [9.17, 15) is 9.59 Å². The number of ether oxygens (including phenoxy) is 1. The molecule has 0 spiro atoms. The molecular weight excluding hydrogens is 278 g/mol. The smallest absolute Gasteiger partial charge is 0.307 e. The van der Waals surface area contributed by atoms with Gasteiger partial charge < -0.3 is 10.1 Å². The first kappa shape index (κ1) is 16.7. The van der Waals surface area contributed by atoms with Crippen LogP contribution in [0.4, 0.5) is 0 Å². The van der Waals surface area contributed by atoms with Gasteiger partial charge in [0.2, 0.25) is 0 Å². The van der Waals surface area contributed by atoms with Gasteiger partial charge in [0.05, 0.1) is 19.1 Å². The maximum Gasteiger partial charge on any atom is 0.307 e. The van der Waals surface area contributed by atoms with Crippen LogP contribution in [-0.2, 0) is 9.53 Å². The largest absolute Gasteiger partial charge is 0.466 e. The maximum absolute atomic E-state index is 12.4. The number of likely N-dealkylation sites (N-methyl/N-ethyl adjacent to an activating group) is 1. The SMILES string of the molecule is CCNC(CC(=O)OCC)C(=O)c1ccc(Cl)c(C)c1. The summed E-state index contributed by atoms with van der Waals surface area (Å²) in [7, 11) is 0. The lowest BCUT2D eigenvalue weighted by Crippen LogP contribution is -2.39. The first-order chi connectivity index (χ1) is 9.49. The molecule has 1 aromatic carbocycles. The highest BCUT2D eigenvalue weighted by Gasteiger charge is 2.23. The molecule has 0 aromatic heterocycles. The molecule has 0 saturated heterocycles. The van der Waals surface area contributed by atoms with Crippen LogP contribution >= 0.6 is 11.6 Å². The van der Waals surface area contributed by atoms with Crippen molar-refractivity contribution in [2.45, 2.75) is 33.2 Å². The summed E-state index contributed by atoms with van der Waals surface area (Å²) in [6.45, 7) is 6.38. The van der Waals surface area contributed by atoms with Gasteiger partial charge >= 0.3 is 5.97 Å². The van der Waals surface area contributed by atoms with Gasteiger partial charge in [0.1, 0.15) is 0 Å². The minimum absolute atomic E-state index is 0.0299. The van der Waals surface area contributed by atoms with E-state index in [1.807, 2.05) is 13.8 Å². The highest BCUT2D eigenvalue weighted by Crippen LogP contribution is 2.18. The number of ketones is 1. The number of benzene rings is 1. The molecule has 0 radical (unpaired) electrons. The fourth-order valence-corrected chi connectivity index (χ4v) is 2.01. The van der Waals surface area contributed by atoms with Crippen LogP contribution in [0.3, 0.4) is 0 Å². The summed E-state index contributed by atoms with van der Waals surface area (Å²) in [5.41, 5.74) is 1.38. The summed E-state index contributed by atoms with van der Waals surface area (Å²) in [5, 5.41) is 3.64. The summed E-state index contributed by atoms with van der Waals surface area (Å²) < 4.78 is 4.90. The van der Waals surface area contributed by atoms with Crippen LogP contribution in [0.5, 0.6) is 0 Å². The van der Waals surface area contributed by atoms with Gasteiger partial charge in [0.25, 0.3) is 0 Å². The van der Waals surface area contributed by atoms with Crippen molar-refractivity contribution in [3.8, 4) is 0 Å². The van der Waals surface area contributed by atoms with E-state index in [-0.39, 0.29) is 18.2 Å². The first-order valence-electron chi connectivity index (χ1n) is 6.68. The summed E-state index contributed by atoms with van der Waals surface area (Å²) in [6.07, 6.45) is 0.0299. The number of nitrogens with one attached hydrogen (secondary N) is 1. The van der Waals surface area contributed by atoms with Gasteiger partial charge in [-0.05, 0) is 44.2 Å². The predicted octanol–water partition coefficient (Wildman–Crippen LogP) is 2.76. The molecule has 20 heavy (non-hydrogen) atoms. The minimum Gasteiger partial charge on any atom is -0.466 e. The van der Waals surface area contributed by atoms with E-state index >= 15 is 0 Å². The average Bonchev–Trinajstić information content (AvgIpc) is 2.41. The van der Waals surface area contributed by atoms with Crippen LogP contribution in [0.25, 0.3) is 0 Å². The number of carbonyl (C=O) groups excluding carboxylic acids is 2. The lowest BCUT2D eigenvalue weighted by Gasteiger charge is -2.16. The van der Waals surface area contributed by atoms with Crippen molar-refractivity contribution in [1.29, 1.82) is 0 Å². The molecule has 0 amide bonds. The van der Waals surface area contributed by atoms with Crippen molar-refractivity contribution >= 4 is 23.4 Å². The average molecular weight is 298 g/mol. The Kier molecular flexibility index (Phi) is 6.68. The zero-order chi connectivity index (χ0) is 15.1. The molecule has 0 aliphatic heterocycles. The van der Waals surface area contributed by atoms with Crippen LogP contribution < -0.4 is 5.32 Å². The molecule has 1 aromatic rings. The van der Waals surface area contributed by atoms with E-state index in [4.69, 9.17) is 16.3 Å². The van der Waals surface area contributed by atoms with Crippen molar-refractivity contribution in [2.75, 3.05) is 13.2 Å². The van der Waals surface area contributed by atoms with Gasteiger partial charge in [-0.1, -0.05) is 18.5 Å². The molecule has 1 rings (SSSR count). The van der Waals surface area contributed by atoms with Crippen LogP contribution in [0, 0.1) is 6.92 Å².